The Morgan fingerprint density at radius 2 is 1.94 bits per heavy atom. The predicted molar refractivity (Wildman–Crippen MR) is 61.8 cm³/mol. The lowest BCUT2D eigenvalue weighted by Gasteiger charge is -2.12. The number of carbonyl (C=O) groups is 1. The van der Waals surface area contributed by atoms with Crippen LogP contribution >= 0.6 is 10.7 Å². The van der Waals surface area contributed by atoms with Crippen LogP contribution in [0.25, 0.3) is 0 Å². The van der Waals surface area contributed by atoms with Gasteiger partial charge < -0.3 is 9.84 Å². The van der Waals surface area contributed by atoms with Crippen molar-refractivity contribution < 1.29 is 23.1 Å². The van der Waals surface area contributed by atoms with Gasteiger partial charge in [0.15, 0.2) is 6.10 Å². The van der Waals surface area contributed by atoms with Gasteiger partial charge in [-0.25, -0.2) is 13.2 Å². The summed E-state index contributed by atoms with van der Waals surface area (Å²) in [6.07, 6.45) is -0.640. The van der Waals surface area contributed by atoms with E-state index in [1.807, 2.05) is 0 Å². The molecule has 0 radical (unpaired) electrons. The number of rotatable bonds is 5. The van der Waals surface area contributed by atoms with Crippen LogP contribution in [0, 0.1) is 0 Å². The minimum Gasteiger partial charge on any atom is -0.479 e. The van der Waals surface area contributed by atoms with Crippen LogP contribution in [0.4, 0.5) is 0 Å². The minimum absolute atomic E-state index is 0.0603. The van der Waals surface area contributed by atoms with Gasteiger partial charge >= 0.3 is 5.97 Å². The summed E-state index contributed by atoms with van der Waals surface area (Å²) < 4.78 is 27.1. The maximum Gasteiger partial charge on any atom is 0.344 e. The highest BCUT2D eigenvalue weighted by atomic mass is 35.7. The van der Waals surface area contributed by atoms with E-state index in [0.717, 1.165) is 0 Å². The molecule has 1 aromatic carbocycles. The maximum absolute atomic E-state index is 11.0. The molecule has 1 unspecified atom stereocenters. The molecule has 0 saturated heterocycles. The molecule has 0 heterocycles. The summed E-state index contributed by atoms with van der Waals surface area (Å²) in [5, 5.41) is 8.78. The molecule has 0 fully saturated rings. The van der Waals surface area contributed by atoms with Gasteiger partial charge in [-0.15, -0.1) is 0 Å². The molecule has 0 bridgehead atoms. The molecule has 5 nitrogen and oxygen atoms in total. The number of hydrogen-bond acceptors (Lipinski definition) is 4. The molecule has 94 valence electrons. The highest BCUT2D eigenvalue weighted by Crippen LogP contribution is 2.20. The van der Waals surface area contributed by atoms with Crippen LogP contribution in [-0.2, 0) is 13.8 Å². The lowest BCUT2D eigenvalue weighted by atomic mass is 10.3. The van der Waals surface area contributed by atoms with Crippen molar-refractivity contribution in [3.05, 3.63) is 24.3 Å². The van der Waals surface area contributed by atoms with Crippen LogP contribution in [-0.4, -0.2) is 25.6 Å². The van der Waals surface area contributed by atoms with Crippen molar-refractivity contribution in [1.82, 2.24) is 0 Å². The average Bonchev–Trinajstić information content (AvgIpc) is 2.25. The number of carboxylic acids is 1. The van der Waals surface area contributed by atoms with Gasteiger partial charge in [-0.1, -0.05) is 6.92 Å². The second-order valence-electron chi connectivity index (χ2n) is 3.26. The molecular weight excluding hydrogens is 268 g/mol. The summed E-state index contributed by atoms with van der Waals surface area (Å²) in [6, 6.07) is 5.24. The van der Waals surface area contributed by atoms with Crippen molar-refractivity contribution in [1.29, 1.82) is 0 Å². The van der Waals surface area contributed by atoms with Gasteiger partial charge in [-0.3, -0.25) is 0 Å². The lowest BCUT2D eigenvalue weighted by Crippen LogP contribution is -2.25. The third-order valence-corrected chi connectivity index (χ3v) is 3.40. The van der Waals surface area contributed by atoms with Crippen LogP contribution in [0.15, 0.2) is 29.2 Å². The highest BCUT2D eigenvalue weighted by molar-refractivity contribution is 8.13. The van der Waals surface area contributed by atoms with E-state index in [-0.39, 0.29) is 10.6 Å². The van der Waals surface area contributed by atoms with Gasteiger partial charge in [-0.05, 0) is 30.7 Å². The molecule has 0 aromatic heterocycles. The second kappa shape index (κ2) is 5.37. The van der Waals surface area contributed by atoms with Crippen molar-refractivity contribution in [3.63, 3.8) is 0 Å². The Morgan fingerprint density at radius 1 is 1.41 bits per heavy atom. The molecule has 0 aliphatic carbocycles. The summed E-state index contributed by atoms with van der Waals surface area (Å²) in [4.78, 5) is 10.7. The number of hydrogen-bond donors (Lipinski definition) is 1. The fourth-order valence-corrected chi connectivity index (χ4v) is 1.92. The molecule has 0 spiro atoms. The molecule has 1 atom stereocenters. The number of aliphatic carboxylic acids is 1. The zero-order valence-electron chi connectivity index (χ0n) is 8.96. The van der Waals surface area contributed by atoms with E-state index in [9.17, 15) is 13.2 Å². The minimum atomic E-state index is -3.77. The highest BCUT2D eigenvalue weighted by Gasteiger charge is 2.17. The van der Waals surface area contributed by atoms with E-state index >= 15 is 0 Å². The first-order valence-corrected chi connectivity index (χ1v) is 7.09. The molecule has 0 aliphatic heterocycles. The third kappa shape index (κ3) is 3.90. The zero-order valence-corrected chi connectivity index (χ0v) is 10.5. The monoisotopic (exact) mass is 278 g/mol. The van der Waals surface area contributed by atoms with E-state index in [1.54, 1.807) is 6.92 Å². The number of ether oxygens (including phenoxy) is 1. The quantitative estimate of drug-likeness (QED) is 0.832. The van der Waals surface area contributed by atoms with Gasteiger partial charge in [0.25, 0.3) is 9.05 Å². The van der Waals surface area contributed by atoms with Crippen LogP contribution < -0.4 is 4.74 Å². The van der Waals surface area contributed by atoms with Crippen LogP contribution in [0.5, 0.6) is 5.75 Å². The lowest BCUT2D eigenvalue weighted by molar-refractivity contribution is -0.145. The first kappa shape index (κ1) is 13.8. The number of carboxylic acid groups (broad SMARTS) is 1. The Balaban J connectivity index is 2.85. The normalized spacial score (nSPS) is 13.1. The Bertz CT molecular complexity index is 494. The van der Waals surface area contributed by atoms with Crippen molar-refractivity contribution in [2.75, 3.05) is 0 Å². The molecule has 1 rings (SSSR count). The molecule has 1 aromatic rings. The van der Waals surface area contributed by atoms with Crippen molar-refractivity contribution >= 4 is 25.7 Å². The number of halogens is 1. The largest absolute Gasteiger partial charge is 0.479 e. The second-order valence-corrected chi connectivity index (χ2v) is 5.83. The first-order valence-electron chi connectivity index (χ1n) is 4.78. The van der Waals surface area contributed by atoms with Gasteiger partial charge in [0, 0.05) is 10.7 Å². The third-order valence-electron chi connectivity index (χ3n) is 2.03. The molecule has 7 heteroatoms. The van der Waals surface area contributed by atoms with Crippen molar-refractivity contribution in [2.45, 2.75) is 24.3 Å². The summed E-state index contributed by atoms with van der Waals surface area (Å²) in [5.74, 6) is -0.787. The van der Waals surface area contributed by atoms with Crippen LogP contribution in [0.3, 0.4) is 0 Å². The topological polar surface area (TPSA) is 80.7 Å². The summed E-state index contributed by atoms with van der Waals surface area (Å²) in [5.41, 5.74) is 0. The Labute approximate surface area is 103 Å². The van der Waals surface area contributed by atoms with Crippen molar-refractivity contribution in [2.24, 2.45) is 0 Å². The van der Waals surface area contributed by atoms with Crippen LogP contribution in [0.1, 0.15) is 13.3 Å². The van der Waals surface area contributed by atoms with E-state index < -0.39 is 21.1 Å². The first-order chi connectivity index (χ1) is 7.84. The Hall–Kier alpha value is -1.27. The Morgan fingerprint density at radius 3 is 2.29 bits per heavy atom. The van der Waals surface area contributed by atoms with Crippen LogP contribution in [0.2, 0.25) is 0 Å². The SMILES string of the molecule is CCC(Oc1ccc(S(=O)(=O)Cl)cc1)C(=O)O. The number of benzene rings is 1. The van der Waals surface area contributed by atoms with Gasteiger partial charge in [0.2, 0.25) is 0 Å². The van der Waals surface area contributed by atoms with E-state index in [0.29, 0.717) is 6.42 Å². The maximum atomic E-state index is 11.0. The molecule has 17 heavy (non-hydrogen) atoms. The molecule has 0 saturated carbocycles. The molecular formula is C10H11ClO5S. The van der Waals surface area contributed by atoms with Gasteiger partial charge in [0.05, 0.1) is 4.90 Å². The predicted octanol–water partition coefficient (Wildman–Crippen LogP) is 1.86. The molecule has 0 aliphatic rings. The van der Waals surface area contributed by atoms with Crippen molar-refractivity contribution in [3.8, 4) is 5.75 Å². The smallest absolute Gasteiger partial charge is 0.344 e. The average molecular weight is 279 g/mol. The van der Waals surface area contributed by atoms with Gasteiger partial charge in [0.1, 0.15) is 5.75 Å². The Kier molecular flexibility index (Phi) is 4.36. The van der Waals surface area contributed by atoms with E-state index in [1.165, 1.54) is 24.3 Å². The summed E-state index contributed by atoms with van der Waals surface area (Å²) >= 11 is 0. The zero-order chi connectivity index (χ0) is 13.1. The molecule has 0 amide bonds. The summed E-state index contributed by atoms with van der Waals surface area (Å²) in [7, 11) is 1.36. The van der Waals surface area contributed by atoms with Gasteiger partial charge in [-0.2, -0.15) is 0 Å². The fraction of sp³-hybridized carbons (Fsp3) is 0.300. The van der Waals surface area contributed by atoms with E-state index in [4.69, 9.17) is 20.5 Å². The standard InChI is InChI=1S/C10H11ClO5S/c1-2-9(10(12)13)16-7-3-5-8(6-4-7)17(11,14)15/h3-6,9H,2H2,1H3,(H,12,13). The fourth-order valence-electron chi connectivity index (χ4n) is 1.15. The molecule has 1 N–H and O–H groups in total. The summed E-state index contributed by atoms with van der Waals surface area (Å²) in [6.45, 7) is 1.68. The van der Waals surface area contributed by atoms with E-state index in [2.05, 4.69) is 0 Å².